The number of hydrogen-bond acceptors (Lipinski definition) is 4. The van der Waals surface area contributed by atoms with Crippen LogP contribution in [0.15, 0.2) is 0 Å². The van der Waals surface area contributed by atoms with Crippen molar-refractivity contribution in [3.8, 4) is 0 Å². The van der Waals surface area contributed by atoms with Gasteiger partial charge in [0.2, 0.25) is 5.91 Å². The molecule has 6 heteroatoms. The Hall–Kier alpha value is -1.14. The molecule has 1 aliphatic rings. The Labute approximate surface area is 126 Å². The van der Waals surface area contributed by atoms with E-state index in [9.17, 15) is 9.59 Å². The summed E-state index contributed by atoms with van der Waals surface area (Å²) in [6.45, 7) is 5.37. The quantitative estimate of drug-likeness (QED) is 0.621. The maximum atomic E-state index is 12.0. The SMILES string of the molecule is CCOCCOC1CCN(C(=O)CCCCC(=O)O)CC1. The lowest BCUT2D eigenvalue weighted by Gasteiger charge is -2.32. The van der Waals surface area contributed by atoms with Gasteiger partial charge < -0.3 is 19.5 Å². The van der Waals surface area contributed by atoms with Gasteiger partial charge in [0.15, 0.2) is 0 Å². The van der Waals surface area contributed by atoms with Crippen LogP contribution < -0.4 is 0 Å². The molecule has 1 rings (SSSR count). The molecule has 0 unspecified atom stereocenters. The average molecular weight is 301 g/mol. The predicted molar refractivity (Wildman–Crippen MR) is 78.2 cm³/mol. The monoisotopic (exact) mass is 301 g/mol. The molecule has 0 bridgehead atoms. The fraction of sp³-hybridized carbons (Fsp3) is 0.867. The highest BCUT2D eigenvalue weighted by Crippen LogP contribution is 2.15. The predicted octanol–water partition coefficient (Wildman–Crippen LogP) is 1.68. The lowest BCUT2D eigenvalue weighted by molar-refractivity contribution is -0.138. The van der Waals surface area contributed by atoms with Gasteiger partial charge in [-0.2, -0.15) is 0 Å². The van der Waals surface area contributed by atoms with Gasteiger partial charge >= 0.3 is 5.97 Å². The zero-order chi connectivity index (χ0) is 15.5. The standard InChI is InChI=1S/C15H27NO5/c1-2-20-11-12-21-13-7-9-16(10-8-13)14(17)5-3-4-6-15(18)19/h13H,2-12H2,1H3,(H,18,19). The third-order valence-electron chi connectivity index (χ3n) is 3.61. The van der Waals surface area contributed by atoms with Crippen LogP contribution in [0.4, 0.5) is 0 Å². The van der Waals surface area contributed by atoms with E-state index in [2.05, 4.69) is 0 Å². The third-order valence-corrected chi connectivity index (χ3v) is 3.61. The Morgan fingerprint density at radius 3 is 2.43 bits per heavy atom. The maximum Gasteiger partial charge on any atom is 0.303 e. The molecule has 1 aliphatic heterocycles. The van der Waals surface area contributed by atoms with Crippen LogP contribution in [0.1, 0.15) is 45.4 Å². The minimum atomic E-state index is -0.799. The van der Waals surface area contributed by atoms with Gasteiger partial charge in [-0.3, -0.25) is 9.59 Å². The maximum absolute atomic E-state index is 12.0. The Morgan fingerprint density at radius 2 is 1.81 bits per heavy atom. The first-order valence-electron chi connectivity index (χ1n) is 7.82. The van der Waals surface area contributed by atoms with Gasteiger partial charge in [-0.1, -0.05) is 0 Å². The average Bonchev–Trinajstić information content (AvgIpc) is 2.48. The van der Waals surface area contributed by atoms with Gasteiger partial charge in [-0.25, -0.2) is 0 Å². The summed E-state index contributed by atoms with van der Waals surface area (Å²) in [7, 11) is 0. The van der Waals surface area contributed by atoms with Gasteiger partial charge in [-0.05, 0) is 32.6 Å². The molecule has 0 atom stereocenters. The molecule has 21 heavy (non-hydrogen) atoms. The molecule has 1 saturated heterocycles. The molecule has 0 saturated carbocycles. The number of rotatable bonds is 10. The number of nitrogens with zero attached hydrogens (tertiary/aromatic N) is 1. The Kier molecular flexibility index (Phi) is 9.01. The number of piperidine rings is 1. The lowest BCUT2D eigenvalue weighted by atomic mass is 10.1. The second-order valence-corrected chi connectivity index (χ2v) is 5.25. The molecule has 0 aliphatic carbocycles. The first-order valence-corrected chi connectivity index (χ1v) is 7.82. The Balaban J connectivity index is 2.08. The minimum absolute atomic E-state index is 0.133. The summed E-state index contributed by atoms with van der Waals surface area (Å²) >= 11 is 0. The van der Waals surface area contributed by atoms with Crippen LogP contribution in [0.3, 0.4) is 0 Å². The number of carboxylic acid groups (broad SMARTS) is 1. The van der Waals surface area contributed by atoms with Crippen molar-refractivity contribution in [3.05, 3.63) is 0 Å². The summed E-state index contributed by atoms with van der Waals surface area (Å²) < 4.78 is 10.9. The van der Waals surface area contributed by atoms with Gasteiger partial charge in [0.1, 0.15) is 0 Å². The number of aliphatic carboxylic acids is 1. The van der Waals surface area contributed by atoms with Crippen LogP contribution in [0.2, 0.25) is 0 Å². The molecule has 1 N–H and O–H groups in total. The number of carbonyl (C=O) groups is 2. The molecule has 6 nitrogen and oxygen atoms in total. The number of carboxylic acids is 1. The van der Waals surface area contributed by atoms with Crippen molar-refractivity contribution in [2.75, 3.05) is 32.9 Å². The second kappa shape index (κ2) is 10.6. The Morgan fingerprint density at radius 1 is 1.14 bits per heavy atom. The molecular weight excluding hydrogens is 274 g/mol. The van der Waals surface area contributed by atoms with E-state index in [1.807, 2.05) is 11.8 Å². The zero-order valence-corrected chi connectivity index (χ0v) is 12.9. The molecule has 1 amide bonds. The van der Waals surface area contributed by atoms with Gasteiger partial charge in [0.05, 0.1) is 19.3 Å². The molecular formula is C15H27NO5. The van der Waals surface area contributed by atoms with Crippen molar-refractivity contribution in [1.82, 2.24) is 4.90 Å². The third kappa shape index (κ3) is 8.02. The van der Waals surface area contributed by atoms with Gasteiger partial charge in [-0.15, -0.1) is 0 Å². The second-order valence-electron chi connectivity index (χ2n) is 5.25. The minimum Gasteiger partial charge on any atom is -0.481 e. The van der Waals surface area contributed by atoms with Crippen molar-refractivity contribution in [3.63, 3.8) is 0 Å². The van der Waals surface area contributed by atoms with E-state index in [4.69, 9.17) is 14.6 Å². The van der Waals surface area contributed by atoms with Crippen LogP contribution in [-0.4, -0.2) is 60.9 Å². The molecule has 1 heterocycles. The largest absolute Gasteiger partial charge is 0.481 e. The molecule has 0 radical (unpaired) electrons. The van der Waals surface area contributed by atoms with Crippen molar-refractivity contribution < 1.29 is 24.2 Å². The summed E-state index contributed by atoms with van der Waals surface area (Å²) in [5.41, 5.74) is 0. The first-order chi connectivity index (χ1) is 10.1. The summed E-state index contributed by atoms with van der Waals surface area (Å²) in [6, 6.07) is 0. The van der Waals surface area contributed by atoms with E-state index in [1.165, 1.54) is 0 Å². The molecule has 1 fully saturated rings. The van der Waals surface area contributed by atoms with E-state index in [1.54, 1.807) is 0 Å². The highest BCUT2D eigenvalue weighted by atomic mass is 16.5. The number of carbonyl (C=O) groups excluding carboxylic acids is 1. The highest BCUT2D eigenvalue weighted by molar-refractivity contribution is 5.76. The van der Waals surface area contributed by atoms with E-state index in [-0.39, 0.29) is 18.4 Å². The van der Waals surface area contributed by atoms with Crippen LogP contribution in [0, 0.1) is 0 Å². The number of likely N-dealkylation sites (tertiary alicyclic amines) is 1. The molecule has 0 aromatic carbocycles. The number of ether oxygens (including phenoxy) is 2. The number of hydrogen-bond donors (Lipinski definition) is 1. The van der Waals surface area contributed by atoms with E-state index in [0.717, 1.165) is 25.9 Å². The Bertz CT molecular complexity index is 313. The molecule has 0 aromatic heterocycles. The van der Waals surface area contributed by atoms with Crippen molar-refractivity contribution in [2.24, 2.45) is 0 Å². The van der Waals surface area contributed by atoms with Crippen molar-refractivity contribution in [1.29, 1.82) is 0 Å². The van der Waals surface area contributed by atoms with E-state index < -0.39 is 5.97 Å². The van der Waals surface area contributed by atoms with Crippen LogP contribution in [0.25, 0.3) is 0 Å². The fourth-order valence-corrected chi connectivity index (χ4v) is 2.40. The summed E-state index contributed by atoms with van der Waals surface area (Å²) in [5.74, 6) is -0.666. The first kappa shape index (κ1) is 17.9. The molecule has 122 valence electrons. The summed E-state index contributed by atoms with van der Waals surface area (Å²) in [5, 5.41) is 8.54. The van der Waals surface area contributed by atoms with E-state index >= 15 is 0 Å². The summed E-state index contributed by atoms with van der Waals surface area (Å²) in [4.78, 5) is 24.2. The number of amides is 1. The lowest BCUT2D eigenvalue weighted by Crippen LogP contribution is -2.41. The molecule has 0 aromatic rings. The van der Waals surface area contributed by atoms with Gasteiger partial charge in [0, 0.05) is 32.5 Å². The van der Waals surface area contributed by atoms with Crippen LogP contribution >= 0.6 is 0 Å². The van der Waals surface area contributed by atoms with Crippen molar-refractivity contribution >= 4 is 11.9 Å². The highest BCUT2D eigenvalue weighted by Gasteiger charge is 2.22. The zero-order valence-electron chi connectivity index (χ0n) is 12.9. The van der Waals surface area contributed by atoms with Crippen LogP contribution in [-0.2, 0) is 19.1 Å². The molecule has 0 spiro atoms. The van der Waals surface area contributed by atoms with Gasteiger partial charge in [0.25, 0.3) is 0 Å². The smallest absolute Gasteiger partial charge is 0.303 e. The van der Waals surface area contributed by atoms with E-state index in [0.29, 0.717) is 39.1 Å². The fourth-order valence-electron chi connectivity index (χ4n) is 2.40. The van der Waals surface area contributed by atoms with Crippen LogP contribution in [0.5, 0.6) is 0 Å². The summed E-state index contributed by atoms with van der Waals surface area (Å²) in [6.07, 6.45) is 3.77. The normalized spacial score (nSPS) is 16.1. The topological polar surface area (TPSA) is 76.1 Å². The number of unbranched alkanes of at least 4 members (excludes halogenated alkanes) is 1. The van der Waals surface area contributed by atoms with Crippen molar-refractivity contribution in [2.45, 2.75) is 51.6 Å².